The van der Waals surface area contributed by atoms with Crippen molar-refractivity contribution in [3.05, 3.63) is 30.1 Å². The number of rotatable bonds is 7. The second kappa shape index (κ2) is 9.56. The molecule has 0 saturated carbocycles. The van der Waals surface area contributed by atoms with Gasteiger partial charge in [-0.3, -0.25) is 4.90 Å². The molecule has 1 unspecified atom stereocenters. The molecule has 3 rings (SSSR count). The van der Waals surface area contributed by atoms with Crippen molar-refractivity contribution in [3.8, 4) is 0 Å². The van der Waals surface area contributed by atoms with E-state index in [2.05, 4.69) is 59.4 Å². The second-order valence-corrected chi connectivity index (χ2v) is 6.89. The minimum Gasteiger partial charge on any atom is -0.312 e. The molecular weight excluding hydrogens is 332 g/mol. The van der Waals surface area contributed by atoms with E-state index >= 15 is 0 Å². The lowest BCUT2D eigenvalue weighted by molar-refractivity contribution is 0.170. The Balaban J connectivity index is 0.00000225. The van der Waals surface area contributed by atoms with E-state index in [1.807, 2.05) is 0 Å². The predicted molar refractivity (Wildman–Crippen MR) is 109 cm³/mol. The molecule has 1 aromatic heterocycles. The number of aromatic nitrogens is 2. The standard InChI is InChI=1S/C20H32N4.ClH/c1-4-23(5-2)17(3)24-19-12-8-7-11-18(19)21-20(24)13-16-22-14-9-6-10-15-22;/h7-8,11-12,17H,4-6,9-10,13-16H2,1-3H3;1H. The van der Waals surface area contributed by atoms with Gasteiger partial charge in [0.2, 0.25) is 0 Å². The van der Waals surface area contributed by atoms with E-state index in [1.54, 1.807) is 0 Å². The molecule has 1 fully saturated rings. The maximum Gasteiger partial charge on any atom is 0.112 e. The zero-order chi connectivity index (χ0) is 16.9. The van der Waals surface area contributed by atoms with Gasteiger partial charge in [0.1, 0.15) is 5.82 Å². The number of nitrogens with zero attached hydrogens (tertiary/aromatic N) is 4. The largest absolute Gasteiger partial charge is 0.312 e. The molecule has 0 spiro atoms. The highest BCUT2D eigenvalue weighted by Gasteiger charge is 2.20. The van der Waals surface area contributed by atoms with Crippen LogP contribution in [0.5, 0.6) is 0 Å². The molecule has 0 aliphatic carbocycles. The van der Waals surface area contributed by atoms with Crippen molar-refractivity contribution in [2.45, 2.75) is 52.6 Å². The summed E-state index contributed by atoms with van der Waals surface area (Å²) in [5.74, 6) is 1.24. The summed E-state index contributed by atoms with van der Waals surface area (Å²) in [6.45, 7) is 12.6. The van der Waals surface area contributed by atoms with Gasteiger partial charge in [0.05, 0.1) is 17.2 Å². The third kappa shape index (κ3) is 4.55. The van der Waals surface area contributed by atoms with Crippen LogP contribution in [0, 0.1) is 0 Å². The molecule has 1 aliphatic heterocycles. The lowest BCUT2D eigenvalue weighted by Gasteiger charge is -2.30. The van der Waals surface area contributed by atoms with Gasteiger partial charge in [0, 0.05) is 13.0 Å². The zero-order valence-corrected chi connectivity index (χ0v) is 16.8. The number of likely N-dealkylation sites (tertiary alicyclic amines) is 1. The van der Waals surface area contributed by atoms with Crippen molar-refractivity contribution < 1.29 is 0 Å². The lowest BCUT2D eigenvalue weighted by atomic mass is 10.1. The number of hydrogen-bond acceptors (Lipinski definition) is 3. The molecule has 0 radical (unpaired) electrons. The predicted octanol–water partition coefficient (Wildman–Crippen LogP) is 4.35. The molecular formula is C20H33ClN4. The fourth-order valence-corrected chi connectivity index (χ4v) is 4.04. The molecule has 0 N–H and O–H groups in total. The summed E-state index contributed by atoms with van der Waals surface area (Å²) in [7, 11) is 0. The molecule has 1 saturated heterocycles. The third-order valence-corrected chi connectivity index (χ3v) is 5.48. The summed E-state index contributed by atoms with van der Waals surface area (Å²) in [5, 5.41) is 0. The number of para-hydroxylation sites is 2. The van der Waals surface area contributed by atoms with Crippen LogP contribution in [0.3, 0.4) is 0 Å². The molecule has 1 aliphatic rings. The van der Waals surface area contributed by atoms with Crippen LogP contribution in [0.15, 0.2) is 24.3 Å². The Labute approximate surface area is 158 Å². The smallest absolute Gasteiger partial charge is 0.112 e. The first-order valence-corrected chi connectivity index (χ1v) is 9.66. The van der Waals surface area contributed by atoms with Gasteiger partial charge in [0.25, 0.3) is 0 Å². The lowest BCUT2D eigenvalue weighted by Crippen LogP contribution is -2.34. The normalized spacial score (nSPS) is 17.0. The van der Waals surface area contributed by atoms with Crippen LogP contribution in [0.2, 0.25) is 0 Å². The minimum absolute atomic E-state index is 0. The molecule has 1 aromatic carbocycles. The van der Waals surface area contributed by atoms with Crippen LogP contribution in [-0.2, 0) is 6.42 Å². The molecule has 2 aromatic rings. The number of imidazole rings is 1. The molecule has 1 atom stereocenters. The highest BCUT2D eigenvalue weighted by molar-refractivity contribution is 5.85. The fraction of sp³-hybridized carbons (Fsp3) is 0.650. The summed E-state index contributed by atoms with van der Waals surface area (Å²) in [6.07, 6.45) is 5.50. The Hall–Kier alpha value is -1.10. The minimum atomic E-state index is 0. The van der Waals surface area contributed by atoms with Crippen LogP contribution in [0.4, 0.5) is 0 Å². The molecule has 25 heavy (non-hydrogen) atoms. The van der Waals surface area contributed by atoms with Crippen LogP contribution in [0.1, 0.15) is 52.0 Å². The van der Waals surface area contributed by atoms with E-state index in [4.69, 9.17) is 4.98 Å². The third-order valence-electron chi connectivity index (χ3n) is 5.48. The van der Waals surface area contributed by atoms with Crippen LogP contribution >= 0.6 is 12.4 Å². The van der Waals surface area contributed by atoms with Crippen molar-refractivity contribution >= 4 is 23.4 Å². The SMILES string of the molecule is CCN(CC)C(C)n1c(CCN2CCCCC2)nc2ccccc21.Cl. The summed E-state index contributed by atoms with van der Waals surface area (Å²) >= 11 is 0. The number of benzene rings is 1. The van der Waals surface area contributed by atoms with E-state index in [9.17, 15) is 0 Å². The van der Waals surface area contributed by atoms with Crippen molar-refractivity contribution in [2.24, 2.45) is 0 Å². The van der Waals surface area contributed by atoms with Gasteiger partial charge < -0.3 is 9.47 Å². The molecule has 5 heteroatoms. The molecule has 140 valence electrons. The summed E-state index contributed by atoms with van der Waals surface area (Å²) in [4.78, 5) is 10.1. The van der Waals surface area contributed by atoms with Crippen molar-refractivity contribution in [1.82, 2.24) is 19.4 Å². The van der Waals surface area contributed by atoms with Crippen LogP contribution in [0.25, 0.3) is 11.0 Å². The van der Waals surface area contributed by atoms with E-state index in [-0.39, 0.29) is 12.4 Å². The fourth-order valence-electron chi connectivity index (χ4n) is 4.04. The number of fused-ring (bicyclic) bond motifs is 1. The molecule has 2 heterocycles. The Morgan fingerprint density at radius 2 is 1.76 bits per heavy atom. The average molecular weight is 365 g/mol. The van der Waals surface area contributed by atoms with Gasteiger partial charge in [-0.05, 0) is 58.1 Å². The number of piperidine rings is 1. The number of hydrogen-bond donors (Lipinski definition) is 0. The summed E-state index contributed by atoms with van der Waals surface area (Å²) in [5.41, 5.74) is 2.40. The average Bonchev–Trinajstić information content (AvgIpc) is 3.00. The van der Waals surface area contributed by atoms with Crippen LogP contribution in [-0.4, -0.2) is 52.1 Å². The van der Waals surface area contributed by atoms with E-state index in [0.717, 1.165) is 31.6 Å². The second-order valence-electron chi connectivity index (χ2n) is 6.89. The quantitative estimate of drug-likeness (QED) is 0.730. The first-order chi connectivity index (χ1) is 11.7. The molecule has 0 amide bonds. The summed E-state index contributed by atoms with van der Waals surface area (Å²) in [6, 6.07) is 8.58. The van der Waals surface area contributed by atoms with Crippen molar-refractivity contribution in [2.75, 3.05) is 32.7 Å². The topological polar surface area (TPSA) is 24.3 Å². The maximum atomic E-state index is 4.98. The Kier molecular flexibility index (Phi) is 7.73. The van der Waals surface area contributed by atoms with Gasteiger partial charge in [0.15, 0.2) is 0 Å². The Morgan fingerprint density at radius 1 is 1.08 bits per heavy atom. The van der Waals surface area contributed by atoms with Gasteiger partial charge in [-0.15, -0.1) is 12.4 Å². The van der Waals surface area contributed by atoms with Gasteiger partial charge >= 0.3 is 0 Å². The summed E-state index contributed by atoms with van der Waals surface area (Å²) < 4.78 is 2.46. The highest BCUT2D eigenvalue weighted by Crippen LogP contribution is 2.24. The van der Waals surface area contributed by atoms with E-state index < -0.39 is 0 Å². The molecule has 4 nitrogen and oxygen atoms in total. The van der Waals surface area contributed by atoms with Crippen molar-refractivity contribution in [3.63, 3.8) is 0 Å². The van der Waals surface area contributed by atoms with E-state index in [0.29, 0.717) is 6.17 Å². The highest BCUT2D eigenvalue weighted by atomic mass is 35.5. The Bertz CT molecular complexity index is 644. The monoisotopic (exact) mass is 364 g/mol. The first-order valence-electron chi connectivity index (χ1n) is 9.66. The van der Waals surface area contributed by atoms with Gasteiger partial charge in [-0.25, -0.2) is 4.98 Å². The first kappa shape index (κ1) is 20.2. The molecule has 0 bridgehead atoms. The van der Waals surface area contributed by atoms with E-state index in [1.165, 1.54) is 43.7 Å². The number of halogens is 1. The Morgan fingerprint density at radius 3 is 2.44 bits per heavy atom. The van der Waals surface area contributed by atoms with Gasteiger partial charge in [-0.1, -0.05) is 32.4 Å². The zero-order valence-electron chi connectivity index (χ0n) is 15.9. The maximum absolute atomic E-state index is 4.98. The van der Waals surface area contributed by atoms with Crippen LogP contribution < -0.4 is 0 Å². The van der Waals surface area contributed by atoms with Crippen molar-refractivity contribution in [1.29, 1.82) is 0 Å². The van der Waals surface area contributed by atoms with Gasteiger partial charge in [-0.2, -0.15) is 0 Å².